The molecule has 0 saturated heterocycles. The van der Waals surface area contributed by atoms with Crippen molar-refractivity contribution >= 4 is 17.5 Å². The van der Waals surface area contributed by atoms with Crippen LogP contribution < -0.4 is 20.1 Å². The molecule has 6 nitrogen and oxygen atoms in total. The average molecular weight is 318 g/mol. The van der Waals surface area contributed by atoms with Gasteiger partial charge >= 0.3 is 0 Å². The molecule has 0 bridgehead atoms. The third-order valence-corrected chi connectivity index (χ3v) is 4.32. The van der Waals surface area contributed by atoms with Crippen molar-refractivity contribution < 1.29 is 19.1 Å². The number of ether oxygens (including phenoxy) is 2. The van der Waals surface area contributed by atoms with Gasteiger partial charge in [0.05, 0.1) is 0 Å². The zero-order valence-electron chi connectivity index (χ0n) is 13.3. The van der Waals surface area contributed by atoms with Gasteiger partial charge in [-0.25, -0.2) is 0 Å². The van der Waals surface area contributed by atoms with Gasteiger partial charge in [-0.15, -0.1) is 0 Å². The van der Waals surface area contributed by atoms with Gasteiger partial charge in [0, 0.05) is 18.3 Å². The van der Waals surface area contributed by atoms with Crippen molar-refractivity contribution in [3.63, 3.8) is 0 Å². The lowest BCUT2D eigenvalue weighted by atomic mass is 10.0. The van der Waals surface area contributed by atoms with E-state index >= 15 is 0 Å². The summed E-state index contributed by atoms with van der Waals surface area (Å²) < 4.78 is 10.5. The van der Waals surface area contributed by atoms with Gasteiger partial charge in [-0.05, 0) is 31.4 Å². The summed E-state index contributed by atoms with van der Waals surface area (Å²) in [6.07, 6.45) is 4.33. The van der Waals surface area contributed by atoms with Crippen LogP contribution >= 0.6 is 0 Å². The first-order valence-electron chi connectivity index (χ1n) is 8.15. The molecule has 1 saturated carbocycles. The van der Waals surface area contributed by atoms with Crippen molar-refractivity contribution in [1.29, 1.82) is 0 Å². The molecule has 1 aromatic carbocycles. The number of rotatable bonds is 7. The molecular formula is C17H22N2O4. The highest BCUT2D eigenvalue weighted by Gasteiger charge is 2.56. The summed E-state index contributed by atoms with van der Waals surface area (Å²) >= 11 is 0. The zero-order valence-corrected chi connectivity index (χ0v) is 13.3. The van der Waals surface area contributed by atoms with Gasteiger partial charge in [-0.2, -0.15) is 0 Å². The summed E-state index contributed by atoms with van der Waals surface area (Å²) in [4.78, 5) is 24.8. The summed E-state index contributed by atoms with van der Waals surface area (Å²) in [6.45, 7) is 2.94. The molecule has 0 unspecified atom stereocenters. The molecule has 6 heteroatoms. The lowest BCUT2D eigenvalue weighted by Gasteiger charge is -2.15. The van der Waals surface area contributed by atoms with E-state index in [1.54, 1.807) is 18.2 Å². The van der Waals surface area contributed by atoms with Crippen LogP contribution in [0.3, 0.4) is 0 Å². The van der Waals surface area contributed by atoms with Crippen molar-refractivity contribution in [2.45, 2.75) is 39.0 Å². The van der Waals surface area contributed by atoms with E-state index < -0.39 is 5.41 Å². The molecule has 1 aliphatic heterocycles. The lowest BCUT2D eigenvalue weighted by molar-refractivity contribution is -0.134. The fourth-order valence-electron chi connectivity index (χ4n) is 2.65. The van der Waals surface area contributed by atoms with E-state index in [-0.39, 0.29) is 18.6 Å². The maximum absolute atomic E-state index is 12.5. The third kappa shape index (κ3) is 3.25. The predicted molar refractivity (Wildman–Crippen MR) is 85.4 cm³/mol. The molecule has 0 radical (unpaired) electrons. The van der Waals surface area contributed by atoms with Crippen molar-refractivity contribution in [2.24, 2.45) is 5.41 Å². The van der Waals surface area contributed by atoms with E-state index in [4.69, 9.17) is 9.47 Å². The molecule has 1 aliphatic carbocycles. The molecule has 2 N–H and O–H groups in total. The summed E-state index contributed by atoms with van der Waals surface area (Å²) in [7, 11) is 0. The van der Waals surface area contributed by atoms with Crippen molar-refractivity contribution in [3.8, 4) is 11.5 Å². The maximum Gasteiger partial charge on any atom is 0.240 e. The Kier molecular flexibility index (Phi) is 4.41. The van der Waals surface area contributed by atoms with Gasteiger partial charge < -0.3 is 20.1 Å². The standard InChI is InChI=1S/C17H22N2O4/c1-2-3-4-9-18-15(20)17(7-8-17)16(21)19-12-5-6-13-14(10-12)23-11-22-13/h5-6,10H,2-4,7-9,11H2,1H3,(H,18,20)(H,19,21). The van der Waals surface area contributed by atoms with Crippen molar-refractivity contribution in [1.82, 2.24) is 5.32 Å². The fourth-order valence-corrected chi connectivity index (χ4v) is 2.65. The Balaban J connectivity index is 1.58. The molecular weight excluding hydrogens is 296 g/mol. The number of anilines is 1. The van der Waals surface area contributed by atoms with Crippen LogP contribution in [-0.2, 0) is 9.59 Å². The Bertz CT molecular complexity index is 611. The highest BCUT2D eigenvalue weighted by atomic mass is 16.7. The molecule has 0 atom stereocenters. The number of hydrogen-bond acceptors (Lipinski definition) is 4. The summed E-state index contributed by atoms with van der Waals surface area (Å²) in [5.41, 5.74) is -0.285. The minimum absolute atomic E-state index is 0.160. The van der Waals surface area contributed by atoms with Crippen LogP contribution in [0.15, 0.2) is 18.2 Å². The molecule has 1 aromatic rings. The lowest BCUT2D eigenvalue weighted by Crippen LogP contribution is -2.40. The van der Waals surface area contributed by atoms with Crippen molar-refractivity contribution in [3.05, 3.63) is 18.2 Å². The van der Waals surface area contributed by atoms with E-state index in [9.17, 15) is 9.59 Å². The van der Waals surface area contributed by atoms with Crippen LogP contribution in [0.25, 0.3) is 0 Å². The minimum Gasteiger partial charge on any atom is -0.454 e. The Morgan fingerprint density at radius 1 is 1.13 bits per heavy atom. The number of hydrogen-bond donors (Lipinski definition) is 2. The molecule has 2 amide bonds. The van der Waals surface area contributed by atoms with Gasteiger partial charge in [-0.3, -0.25) is 9.59 Å². The minimum atomic E-state index is -0.900. The second-order valence-electron chi connectivity index (χ2n) is 6.07. The summed E-state index contributed by atoms with van der Waals surface area (Å²) in [5, 5.41) is 5.71. The van der Waals surface area contributed by atoms with Gasteiger partial charge in [0.1, 0.15) is 5.41 Å². The highest BCUT2D eigenvalue weighted by Crippen LogP contribution is 2.47. The van der Waals surface area contributed by atoms with Crippen LogP contribution in [-0.4, -0.2) is 25.2 Å². The van der Waals surface area contributed by atoms with Crippen LogP contribution in [0, 0.1) is 5.41 Å². The van der Waals surface area contributed by atoms with Crippen LogP contribution in [0.1, 0.15) is 39.0 Å². The highest BCUT2D eigenvalue weighted by molar-refractivity contribution is 6.13. The number of unbranched alkanes of at least 4 members (excludes halogenated alkanes) is 2. The number of benzene rings is 1. The van der Waals surface area contributed by atoms with E-state index in [0.717, 1.165) is 19.3 Å². The first-order valence-corrected chi connectivity index (χ1v) is 8.15. The molecule has 23 heavy (non-hydrogen) atoms. The van der Waals surface area contributed by atoms with Gasteiger partial charge in [0.15, 0.2) is 11.5 Å². The first kappa shape index (κ1) is 15.6. The quantitative estimate of drug-likeness (QED) is 0.598. The number of fused-ring (bicyclic) bond motifs is 1. The molecule has 3 rings (SSSR count). The Hall–Kier alpha value is -2.24. The molecule has 1 fully saturated rings. The third-order valence-electron chi connectivity index (χ3n) is 4.32. The number of carbonyl (C=O) groups excluding carboxylic acids is 2. The number of carbonyl (C=O) groups is 2. The van der Waals surface area contributed by atoms with E-state index in [1.807, 2.05) is 0 Å². The van der Waals surface area contributed by atoms with Gasteiger partial charge in [-0.1, -0.05) is 19.8 Å². The Morgan fingerprint density at radius 2 is 1.91 bits per heavy atom. The molecule has 2 aliphatic rings. The van der Waals surface area contributed by atoms with Gasteiger partial charge in [0.25, 0.3) is 0 Å². The number of amides is 2. The summed E-state index contributed by atoms with van der Waals surface area (Å²) in [6, 6.07) is 5.22. The zero-order chi connectivity index (χ0) is 16.3. The largest absolute Gasteiger partial charge is 0.454 e. The fraction of sp³-hybridized carbons (Fsp3) is 0.529. The predicted octanol–water partition coefficient (Wildman–Crippen LogP) is 2.44. The van der Waals surface area contributed by atoms with E-state index in [2.05, 4.69) is 17.6 Å². The Morgan fingerprint density at radius 3 is 2.65 bits per heavy atom. The average Bonchev–Trinajstić information content (AvgIpc) is 3.24. The maximum atomic E-state index is 12.5. The first-order chi connectivity index (χ1) is 11.2. The van der Waals surface area contributed by atoms with E-state index in [0.29, 0.717) is 36.6 Å². The molecule has 1 heterocycles. The van der Waals surface area contributed by atoms with Crippen molar-refractivity contribution in [2.75, 3.05) is 18.7 Å². The summed E-state index contributed by atoms with van der Waals surface area (Å²) in [5.74, 6) is 0.866. The number of nitrogens with one attached hydrogen (secondary N) is 2. The normalized spacial score (nSPS) is 16.7. The van der Waals surface area contributed by atoms with Crippen LogP contribution in [0.4, 0.5) is 5.69 Å². The Labute approximate surface area is 135 Å². The second-order valence-corrected chi connectivity index (χ2v) is 6.07. The molecule has 0 aromatic heterocycles. The topological polar surface area (TPSA) is 76.7 Å². The van der Waals surface area contributed by atoms with Crippen LogP contribution in [0.5, 0.6) is 11.5 Å². The second kappa shape index (κ2) is 6.48. The SMILES string of the molecule is CCCCCNC(=O)C1(C(=O)Nc2ccc3c(c2)OCO3)CC1. The molecule has 124 valence electrons. The van der Waals surface area contributed by atoms with E-state index in [1.165, 1.54) is 0 Å². The van der Waals surface area contributed by atoms with Gasteiger partial charge in [0.2, 0.25) is 18.6 Å². The monoisotopic (exact) mass is 318 g/mol. The smallest absolute Gasteiger partial charge is 0.240 e. The van der Waals surface area contributed by atoms with Crippen LogP contribution in [0.2, 0.25) is 0 Å². The molecule has 0 spiro atoms.